The Kier molecular flexibility index (Phi) is 2.06. The van der Waals surface area contributed by atoms with Crippen LogP contribution in [0.2, 0.25) is 0 Å². The highest BCUT2D eigenvalue weighted by atomic mass is 16.3. The minimum absolute atomic E-state index is 0.104. The first-order chi connectivity index (χ1) is 6.29. The fourth-order valence-corrected chi connectivity index (χ4v) is 1.78. The maximum Gasteiger partial charge on any atom is 0.222 e. The van der Waals surface area contributed by atoms with Crippen molar-refractivity contribution >= 4 is 5.91 Å². The van der Waals surface area contributed by atoms with Gasteiger partial charge in [0.05, 0.1) is 12.2 Å². The molecule has 0 spiro atoms. The molecule has 2 rings (SSSR count). The number of amides is 1. The molecule has 2 atom stereocenters. The van der Waals surface area contributed by atoms with Gasteiger partial charge in [0, 0.05) is 19.0 Å². The summed E-state index contributed by atoms with van der Waals surface area (Å²) in [6, 6.07) is 3.71. The molecule has 2 heterocycles. The van der Waals surface area contributed by atoms with Gasteiger partial charge in [-0.25, -0.2) is 0 Å². The van der Waals surface area contributed by atoms with E-state index in [0.717, 1.165) is 12.3 Å². The van der Waals surface area contributed by atoms with Crippen LogP contribution < -0.4 is 11.1 Å². The van der Waals surface area contributed by atoms with Gasteiger partial charge in [0.1, 0.15) is 5.76 Å². The van der Waals surface area contributed by atoms with Crippen molar-refractivity contribution in [3.05, 3.63) is 24.2 Å². The molecule has 1 saturated heterocycles. The van der Waals surface area contributed by atoms with Crippen LogP contribution in [-0.2, 0) is 4.79 Å². The second kappa shape index (κ2) is 3.22. The zero-order valence-electron chi connectivity index (χ0n) is 7.19. The summed E-state index contributed by atoms with van der Waals surface area (Å²) >= 11 is 0. The van der Waals surface area contributed by atoms with E-state index in [1.54, 1.807) is 6.26 Å². The summed E-state index contributed by atoms with van der Waals surface area (Å²) in [6.07, 6.45) is 1.62. The topological polar surface area (TPSA) is 68.3 Å². The lowest BCUT2D eigenvalue weighted by atomic mass is 9.93. The molecule has 1 fully saturated rings. The van der Waals surface area contributed by atoms with Crippen molar-refractivity contribution in [2.75, 3.05) is 13.1 Å². The van der Waals surface area contributed by atoms with Crippen LogP contribution in [0.15, 0.2) is 22.8 Å². The van der Waals surface area contributed by atoms with Crippen LogP contribution in [-0.4, -0.2) is 19.0 Å². The second-order valence-corrected chi connectivity index (χ2v) is 3.29. The Balaban J connectivity index is 2.19. The third-order valence-corrected chi connectivity index (χ3v) is 2.49. The molecular formula is C9H12N2O2. The first kappa shape index (κ1) is 8.31. The van der Waals surface area contributed by atoms with E-state index in [1.165, 1.54) is 0 Å². The summed E-state index contributed by atoms with van der Waals surface area (Å²) in [4.78, 5) is 11.0. The van der Waals surface area contributed by atoms with Gasteiger partial charge in [0.15, 0.2) is 0 Å². The van der Waals surface area contributed by atoms with Crippen molar-refractivity contribution in [1.82, 2.24) is 5.32 Å². The predicted molar refractivity (Wildman–Crippen MR) is 47.0 cm³/mol. The van der Waals surface area contributed by atoms with E-state index in [1.807, 2.05) is 12.1 Å². The highest BCUT2D eigenvalue weighted by molar-refractivity contribution is 5.78. The zero-order chi connectivity index (χ0) is 9.26. The Hall–Kier alpha value is -1.29. The van der Waals surface area contributed by atoms with Crippen LogP contribution in [0.25, 0.3) is 0 Å². The quantitative estimate of drug-likeness (QED) is 0.676. The molecule has 1 aliphatic rings. The monoisotopic (exact) mass is 180 g/mol. The molecule has 0 aromatic carbocycles. The van der Waals surface area contributed by atoms with Crippen molar-refractivity contribution in [2.24, 2.45) is 11.7 Å². The number of carbonyl (C=O) groups excluding carboxylic acids is 1. The normalized spacial score (nSPS) is 27.7. The molecule has 0 saturated carbocycles. The fourth-order valence-electron chi connectivity index (χ4n) is 1.78. The number of rotatable bonds is 2. The maximum absolute atomic E-state index is 11.0. The smallest absolute Gasteiger partial charge is 0.222 e. The van der Waals surface area contributed by atoms with Crippen molar-refractivity contribution < 1.29 is 9.21 Å². The lowest BCUT2D eigenvalue weighted by molar-refractivity contribution is -0.121. The molecule has 4 nitrogen and oxygen atoms in total. The number of hydrogen-bond donors (Lipinski definition) is 2. The molecule has 1 aromatic heterocycles. The summed E-state index contributed by atoms with van der Waals surface area (Å²) in [5.74, 6) is 0.554. The third kappa shape index (κ3) is 1.45. The van der Waals surface area contributed by atoms with Crippen LogP contribution >= 0.6 is 0 Å². The number of carbonyl (C=O) groups is 1. The lowest BCUT2D eigenvalue weighted by Gasteiger charge is -2.11. The molecular weight excluding hydrogens is 168 g/mol. The van der Waals surface area contributed by atoms with E-state index in [9.17, 15) is 4.79 Å². The van der Waals surface area contributed by atoms with Crippen molar-refractivity contribution in [1.29, 1.82) is 0 Å². The predicted octanol–water partition coefficient (Wildman–Crippen LogP) is 0.0679. The van der Waals surface area contributed by atoms with Gasteiger partial charge in [-0.3, -0.25) is 4.79 Å². The fraction of sp³-hybridized carbons (Fsp3) is 0.444. The van der Waals surface area contributed by atoms with Gasteiger partial charge < -0.3 is 15.5 Å². The molecule has 3 N–H and O–H groups in total. The standard InChI is InChI=1S/C9H12N2O2/c10-9(12)7-5-11-4-6(7)8-2-1-3-13-8/h1-3,6-7,11H,4-5H2,(H2,10,12). The highest BCUT2D eigenvalue weighted by Gasteiger charge is 2.34. The maximum atomic E-state index is 11.0. The summed E-state index contributed by atoms with van der Waals surface area (Å²) in [5, 5.41) is 3.13. The number of nitrogens with one attached hydrogen (secondary N) is 1. The van der Waals surface area contributed by atoms with Gasteiger partial charge in [-0.1, -0.05) is 0 Å². The van der Waals surface area contributed by atoms with Crippen LogP contribution in [0.3, 0.4) is 0 Å². The first-order valence-electron chi connectivity index (χ1n) is 4.32. The van der Waals surface area contributed by atoms with Gasteiger partial charge in [-0.05, 0) is 12.1 Å². The van der Waals surface area contributed by atoms with Crippen LogP contribution in [0.4, 0.5) is 0 Å². The minimum atomic E-state index is -0.258. The molecule has 13 heavy (non-hydrogen) atoms. The van der Waals surface area contributed by atoms with E-state index < -0.39 is 0 Å². The zero-order valence-corrected chi connectivity index (χ0v) is 7.19. The molecule has 1 aliphatic heterocycles. The Morgan fingerprint density at radius 2 is 2.46 bits per heavy atom. The SMILES string of the molecule is NC(=O)C1CNCC1c1ccco1. The first-order valence-corrected chi connectivity index (χ1v) is 4.32. The molecule has 0 aliphatic carbocycles. The van der Waals surface area contributed by atoms with Crippen molar-refractivity contribution in [3.63, 3.8) is 0 Å². The van der Waals surface area contributed by atoms with Gasteiger partial charge in [-0.2, -0.15) is 0 Å². The van der Waals surface area contributed by atoms with Crippen LogP contribution in [0, 0.1) is 5.92 Å². The van der Waals surface area contributed by atoms with E-state index in [-0.39, 0.29) is 17.7 Å². The number of nitrogens with two attached hydrogens (primary N) is 1. The molecule has 0 radical (unpaired) electrons. The average molecular weight is 180 g/mol. The van der Waals surface area contributed by atoms with Gasteiger partial charge in [-0.15, -0.1) is 0 Å². The molecule has 2 unspecified atom stereocenters. The molecule has 1 amide bonds. The largest absolute Gasteiger partial charge is 0.469 e. The molecule has 0 bridgehead atoms. The van der Waals surface area contributed by atoms with E-state index in [2.05, 4.69) is 5.32 Å². The third-order valence-electron chi connectivity index (χ3n) is 2.49. The molecule has 70 valence electrons. The summed E-state index contributed by atoms with van der Waals surface area (Å²) in [6.45, 7) is 1.42. The molecule has 4 heteroatoms. The van der Waals surface area contributed by atoms with Crippen LogP contribution in [0.1, 0.15) is 11.7 Å². The number of furan rings is 1. The second-order valence-electron chi connectivity index (χ2n) is 3.29. The van der Waals surface area contributed by atoms with Crippen LogP contribution in [0.5, 0.6) is 0 Å². The minimum Gasteiger partial charge on any atom is -0.469 e. The highest BCUT2D eigenvalue weighted by Crippen LogP contribution is 2.27. The average Bonchev–Trinajstić information content (AvgIpc) is 2.74. The van der Waals surface area contributed by atoms with E-state index in [0.29, 0.717) is 6.54 Å². The molecule has 1 aromatic rings. The Morgan fingerprint density at radius 1 is 1.62 bits per heavy atom. The van der Waals surface area contributed by atoms with E-state index in [4.69, 9.17) is 10.2 Å². The van der Waals surface area contributed by atoms with Gasteiger partial charge in [0.25, 0.3) is 0 Å². The van der Waals surface area contributed by atoms with Crippen molar-refractivity contribution in [2.45, 2.75) is 5.92 Å². The summed E-state index contributed by atoms with van der Waals surface area (Å²) in [7, 11) is 0. The summed E-state index contributed by atoms with van der Waals surface area (Å²) < 4.78 is 5.25. The van der Waals surface area contributed by atoms with E-state index >= 15 is 0 Å². The van der Waals surface area contributed by atoms with Crippen molar-refractivity contribution in [3.8, 4) is 0 Å². The summed E-state index contributed by atoms with van der Waals surface area (Å²) in [5.41, 5.74) is 5.27. The lowest BCUT2D eigenvalue weighted by Crippen LogP contribution is -2.28. The Morgan fingerprint density at radius 3 is 3.08 bits per heavy atom. The Bertz CT molecular complexity index is 295. The number of hydrogen-bond acceptors (Lipinski definition) is 3. The Labute approximate surface area is 76.1 Å². The van der Waals surface area contributed by atoms with Gasteiger partial charge in [0.2, 0.25) is 5.91 Å². The van der Waals surface area contributed by atoms with Gasteiger partial charge >= 0.3 is 0 Å². The number of primary amides is 1.